The van der Waals surface area contributed by atoms with E-state index in [2.05, 4.69) is 13.8 Å². The molecule has 0 aromatic rings. The first-order chi connectivity index (χ1) is 6.35. The van der Waals surface area contributed by atoms with Crippen LogP contribution in [0.25, 0.3) is 0 Å². The molecule has 1 atom stereocenters. The Balaban J connectivity index is 3.41. The SMILES string of the molecule is CCCCCC(CCCl)CCCC. The molecule has 0 heterocycles. The Bertz CT molecular complexity index is 91.1. The molecule has 0 saturated carbocycles. The van der Waals surface area contributed by atoms with Gasteiger partial charge in [0.05, 0.1) is 0 Å². The van der Waals surface area contributed by atoms with Crippen LogP contribution in [0.1, 0.15) is 65.2 Å². The van der Waals surface area contributed by atoms with Gasteiger partial charge in [0.2, 0.25) is 0 Å². The third kappa shape index (κ3) is 8.62. The number of unbranched alkanes of at least 4 members (excludes halogenated alkanes) is 3. The van der Waals surface area contributed by atoms with Gasteiger partial charge in [0.15, 0.2) is 0 Å². The summed E-state index contributed by atoms with van der Waals surface area (Å²) in [6, 6.07) is 0. The van der Waals surface area contributed by atoms with Crippen LogP contribution in [0, 0.1) is 5.92 Å². The quantitative estimate of drug-likeness (QED) is 0.366. The Kier molecular flexibility index (Phi) is 10.6. The van der Waals surface area contributed by atoms with Gasteiger partial charge in [-0.2, -0.15) is 0 Å². The fraction of sp³-hybridized carbons (Fsp3) is 1.00. The van der Waals surface area contributed by atoms with Crippen molar-refractivity contribution in [3.05, 3.63) is 0 Å². The highest BCUT2D eigenvalue weighted by atomic mass is 35.5. The molecule has 0 aliphatic heterocycles. The lowest BCUT2D eigenvalue weighted by Crippen LogP contribution is -2.01. The van der Waals surface area contributed by atoms with Crippen LogP contribution in [0.2, 0.25) is 0 Å². The molecule has 0 aromatic heterocycles. The molecule has 0 aliphatic carbocycles. The summed E-state index contributed by atoms with van der Waals surface area (Å²) >= 11 is 5.79. The second-order valence-electron chi connectivity index (χ2n) is 3.98. The summed E-state index contributed by atoms with van der Waals surface area (Å²) in [5.74, 6) is 1.75. The van der Waals surface area contributed by atoms with Crippen molar-refractivity contribution in [2.45, 2.75) is 65.2 Å². The summed E-state index contributed by atoms with van der Waals surface area (Å²) < 4.78 is 0. The minimum Gasteiger partial charge on any atom is -0.127 e. The molecular formula is C12H25Cl. The van der Waals surface area contributed by atoms with Gasteiger partial charge in [-0.25, -0.2) is 0 Å². The van der Waals surface area contributed by atoms with Crippen LogP contribution >= 0.6 is 11.6 Å². The zero-order chi connectivity index (χ0) is 9.94. The van der Waals surface area contributed by atoms with Gasteiger partial charge in [-0.3, -0.25) is 0 Å². The topological polar surface area (TPSA) is 0 Å². The van der Waals surface area contributed by atoms with Crippen LogP contribution in [-0.2, 0) is 0 Å². The van der Waals surface area contributed by atoms with E-state index in [0.717, 1.165) is 11.8 Å². The number of hydrogen-bond acceptors (Lipinski definition) is 0. The first-order valence-electron chi connectivity index (χ1n) is 5.91. The van der Waals surface area contributed by atoms with E-state index < -0.39 is 0 Å². The molecule has 0 aromatic carbocycles. The van der Waals surface area contributed by atoms with Crippen molar-refractivity contribution in [2.75, 3.05) is 5.88 Å². The molecule has 0 radical (unpaired) electrons. The smallest absolute Gasteiger partial charge is 0.0226 e. The molecule has 80 valence electrons. The molecule has 0 N–H and O–H groups in total. The van der Waals surface area contributed by atoms with Gasteiger partial charge < -0.3 is 0 Å². The van der Waals surface area contributed by atoms with Crippen LogP contribution in [0.4, 0.5) is 0 Å². The molecule has 0 amide bonds. The number of hydrogen-bond donors (Lipinski definition) is 0. The van der Waals surface area contributed by atoms with Crippen molar-refractivity contribution in [1.29, 1.82) is 0 Å². The van der Waals surface area contributed by atoms with Gasteiger partial charge in [0.25, 0.3) is 0 Å². The molecule has 0 rings (SSSR count). The van der Waals surface area contributed by atoms with Crippen LogP contribution < -0.4 is 0 Å². The summed E-state index contributed by atoms with van der Waals surface area (Å²) in [5.41, 5.74) is 0. The molecule has 13 heavy (non-hydrogen) atoms. The summed E-state index contributed by atoms with van der Waals surface area (Å²) in [6.07, 6.45) is 10.9. The number of halogens is 1. The van der Waals surface area contributed by atoms with Gasteiger partial charge in [-0.05, 0) is 12.3 Å². The first kappa shape index (κ1) is 13.3. The predicted octanol–water partition coefficient (Wildman–Crippen LogP) is 5.00. The van der Waals surface area contributed by atoms with Crippen LogP contribution in [0.3, 0.4) is 0 Å². The molecular weight excluding hydrogens is 180 g/mol. The predicted molar refractivity (Wildman–Crippen MR) is 62.5 cm³/mol. The third-order valence-electron chi connectivity index (χ3n) is 2.70. The van der Waals surface area contributed by atoms with Crippen molar-refractivity contribution < 1.29 is 0 Å². The van der Waals surface area contributed by atoms with Gasteiger partial charge in [-0.15, -0.1) is 11.6 Å². The Morgan fingerprint density at radius 1 is 0.846 bits per heavy atom. The van der Waals surface area contributed by atoms with Gasteiger partial charge >= 0.3 is 0 Å². The van der Waals surface area contributed by atoms with Crippen LogP contribution in [0.15, 0.2) is 0 Å². The van der Waals surface area contributed by atoms with Gasteiger partial charge in [0, 0.05) is 5.88 Å². The fourth-order valence-electron chi connectivity index (χ4n) is 1.76. The summed E-state index contributed by atoms with van der Waals surface area (Å²) in [7, 11) is 0. The average molecular weight is 205 g/mol. The Labute approximate surface area is 89.1 Å². The Morgan fingerprint density at radius 3 is 2.00 bits per heavy atom. The standard InChI is InChI=1S/C12H25Cl/c1-3-5-7-9-12(10-11-13)8-6-4-2/h12H,3-11H2,1-2H3. The number of alkyl halides is 1. The van der Waals surface area contributed by atoms with E-state index in [1.54, 1.807) is 0 Å². The summed E-state index contributed by atoms with van der Waals surface area (Å²) in [5, 5.41) is 0. The lowest BCUT2D eigenvalue weighted by Gasteiger charge is -2.14. The van der Waals surface area contributed by atoms with Crippen LogP contribution in [0.5, 0.6) is 0 Å². The van der Waals surface area contributed by atoms with E-state index in [4.69, 9.17) is 11.6 Å². The third-order valence-corrected chi connectivity index (χ3v) is 2.92. The molecule has 0 bridgehead atoms. The minimum absolute atomic E-state index is 0.848. The van der Waals surface area contributed by atoms with Crippen molar-refractivity contribution in [2.24, 2.45) is 5.92 Å². The zero-order valence-electron chi connectivity index (χ0n) is 9.32. The highest BCUT2D eigenvalue weighted by Gasteiger charge is 2.06. The molecule has 0 aliphatic rings. The van der Waals surface area contributed by atoms with E-state index >= 15 is 0 Å². The van der Waals surface area contributed by atoms with E-state index in [-0.39, 0.29) is 0 Å². The fourth-order valence-corrected chi connectivity index (χ4v) is 2.07. The average Bonchev–Trinajstić information content (AvgIpc) is 2.14. The Morgan fingerprint density at radius 2 is 1.46 bits per heavy atom. The largest absolute Gasteiger partial charge is 0.127 e. The molecule has 0 saturated heterocycles. The zero-order valence-corrected chi connectivity index (χ0v) is 10.1. The van der Waals surface area contributed by atoms with Gasteiger partial charge in [-0.1, -0.05) is 58.8 Å². The molecule has 1 heteroatoms. The lowest BCUT2D eigenvalue weighted by atomic mass is 9.93. The monoisotopic (exact) mass is 204 g/mol. The van der Waals surface area contributed by atoms with Crippen molar-refractivity contribution in [3.8, 4) is 0 Å². The van der Waals surface area contributed by atoms with E-state index in [9.17, 15) is 0 Å². The molecule has 1 unspecified atom stereocenters. The lowest BCUT2D eigenvalue weighted by molar-refractivity contribution is 0.405. The maximum Gasteiger partial charge on any atom is 0.0226 e. The van der Waals surface area contributed by atoms with Crippen molar-refractivity contribution >= 4 is 11.6 Å². The van der Waals surface area contributed by atoms with Crippen molar-refractivity contribution in [3.63, 3.8) is 0 Å². The maximum atomic E-state index is 5.79. The van der Waals surface area contributed by atoms with Crippen molar-refractivity contribution in [1.82, 2.24) is 0 Å². The van der Waals surface area contributed by atoms with E-state index in [1.165, 1.54) is 51.4 Å². The normalized spacial score (nSPS) is 13.2. The molecule has 0 nitrogen and oxygen atoms in total. The molecule has 0 spiro atoms. The second-order valence-corrected chi connectivity index (χ2v) is 4.36. The maximum absolute atomic E-state index is 5.79. The summed E-state index contributed by atoms with van der Waals surface area (Å²) in [6.45, 7) is 4.53. The first-order valence-corrected chi connectivity index (χ1v) is 6.44. The van der Waals surface area contributed by atoms with Gasteiger partial charge in [0.1, 0.15) is 0 Å². The van der Waals surface area contributed by atoms with E-state index in [0.29, 0.717) is 0 Å². The summed E-state index contributed by atoms with van der Waals surface area (Å²) in [4.78, 5) is 0. The highest BCUT2D eigenvalue weighted by Crippen LogP contribution is 2.20. The highest BCUT2D eigenvalue weighted by molar-refractivity contribution is 6.17. The molecule has 0 fully saturated rings. The Hall–Kier alpha value is 0.290. The van der Waals surface area contributed by atoms with E-state index in [1.807, 2.05) is 0 Å². The number of rotatable bonds is 9. The second kappa shape index (κ2) is 10.4. The minimum atomic E-state index is 0.848. The van der Waals surface area contributed by atoms with Crippen LogP contribution in [-0.4, -0.2) is 5.88 Å².